The molecule has 0 atom stereocenters. The van der Waals surface area contributed by atoms with Crippen LogP contribution in [0.3, 0.4) is 0 Å². The maximum Gasteiger partial charge on any atom is 0.278 e. The van der Waals surface area contributed by atoms with Gasteiger partial charge in [0.1, 0.15) is 5.75 Å². The molecule has 0 saturated carbocycles. The molecule has 0 saturated heterocycles. The quantitative estimate of drug-likeness (QED) is 0.359. The summed E-state index contributed by atoms with van der Waals surface area (Å²) in [6.45, 7) is 8.69. The number of hydrogen-bond donors (Lipinski definition) is 2. The van der Waals surface area contributed by atoms with Crippen molar-refractivity contribution in [3.8, 4) is 5.75 Å². The summed E-state index contributed by atoms with van der Waals surface area (Å²) in [5.74, 6) is 0.454. The van der Waals surface area contributed by atoms with Crippen molar-refractivity contribution in [2.75, 3.05) is 17.3 Å². The summed E-state index contributed by atoms with van der Waals surface area (Å²) in [7, 11) is 0. The monoisotopic (exact) mass is 454 g/mol. The third-order valence-corrected chi connectivity index (χ3v) is 5.52. The Balaban J connectivity index is 1.71. The summed E-state index contributed by atoms with van der Waals surface area (Å²) < 4.78 is 5.51. The SMILES string of the molecule is CCOc1ccc(N/N=C(\C(=O)Nc2ccc(C)cc2)C2=NC(C)(C)Cc3ccccc32)cc1. The zero-order valence-corrected chi connectivity index (χ0v) is 20.1. The smallest absolute Gasteiger partial charge is 0.278 e. The lowest BCUT2D eigenvalue weighted by Crippen LogP contribution is -2.38. The van der Waals surface area contributed by atoms with Crippen LogP contribution in [0.2, 0.25) is 0 Å². The van der Waals surface area contributed by atoms with E-state index in [2.05, 4.69) is 35.8 Å². The number of amides is 1. The van der Waals surface area contributed by atoms with Gasteiger partial charge >= 0.3 is 0 Å². The fourth-order valence-corrected chi connectivity index (χ4v) is 3.91. The molecule has 0 aliphatic carbocycles. The van der Waals surface area contributed by atoms with Crippen LogP contribution in [0.5, 0.6) is 5.75 Å². The van der Waals surface area contributed by atoms with E-state index in [9.17, 15) is 4.79 Å². The molecule has 3 aromatic rings. The van der Waals surface area contributed by atoms with Crippen LogP contribution in [0.25, 0.3) is 0 Å². The second-order valence-corrected chi connectivity index (χ2v) is 8.96. The van der Waals surface area contributed by atoms with E-state index < -0.39 is 0 Å². The third kappa shape index (κ3) is 5.52. The molecule has 0 fully saturated rings. The van der Waals surface area contributed by atoms with Crippen molar-refractivity contribution in [1.82, 2.24) is 0 Å². The maximum absolute atomic E-state index is 13.5. The number of aliphatic imine (C=N–C) groups is 1. The number of rotatable bonds is 7. The van der Waals surface area contributed by atoms with Gasteiger partial charge in [-0.2, -0.15) is 5.10 Å². The Hall–Kier alpha value is -3.93. The molecule has 6 heteroatoms. The minimum absolute atomic E-state index is 0.231. The first kappa shape index (κ1) is 23.2. The van der Waals surface area contributed by atoms with Gasteiger partial charge < -0.3 is 10.1 Å². The summed E-state index contributed by atoms with van der Waals surface area (Å²) in [5, 5.41) is 7.53. The minimum Gasteiger partial charge on any atom is -0.494 e. The van der Waals surface area contributed by atoms with E-state index in [-0.39, 0.29) is 17.2 Å². The van der Waals surface area contributed by atoms with Crippen molar-refractivity contribution in [2.45, 2.75) is 39.7 Å². The molecule has 0 unspecified atom stereocenters. The predicted octanol–water partition coefficient (Wildman–Crippen LogP) is 5.62. The summed E-state index contributed by atoms with van der Waals surface area (Å²) >= 11 is 0. The summed E-state index contributed by atoms with van der Waals surface area (Å²) in [6.07, 6.45) is 0.797. The molecule has 1 aliphatic heterocycles. The summed E-state index contributed by atoms with van der Waals surface area (Å²) in [5.41, 5.74) is 8.13. The van der Waals surface area contributed by atoms with E-state index in [4.69, 9.17) is 9.73 Å². The van der Waals surface area contributed by atoms with Gasteiger partial charge in [-0.25, -0.2) is 0 Å². The number of carbonyl (C=O) groups excluding carboxylic acids is 1. The molecule has 1 amide bonds. The molecule has 3 aromatic carbocycles. The second-order valence-electron chi connectivity index (χ2n) is 8.96. The van der Waals surface area contributed by atoms with Crippen LogP contribution in [0.4, 0.5) is 11.4 Å². The molecular weight excluding hydrogens is 424 g/mol. The van der Waals surface area contributed by atoms with Crippen molar-refractivity contribution >= 4 is 28.7 Å². The van der Waals surface area contributed by atoms with E-state index in [1.165, 1.54) is 0 Å². The number of nitrogens with one attached hydrogen (secondary N) is 2. The lowest BCUT2D eigenvalue weighted by Gasteiger charge is -2.29. The van der Waals surface area contributed by atoms with E-state index in [1.807, 2.05) is 80.6 Å². The van der Waals surface area contributed by atoms with E-state index >= 15 is 0 Å². The second kappa shape index (κ2) is 9.91. The Morgan fingerprint density at radius 3 is 2.38 bits per heavy atom. The molecule has 174 valence electrons. The zero-order valence-electron chi connectivity index (χ0n) is 20.1. The Morgan fingerprint density at radius 2 is 1.68 bits per heavy atom. The van der Waals surface area contributed by atoms with Gasteiger partial charge in [0.2, 0.25) is 0 Å². The number of hydrazone groups is 1. The van der Waals surface area contributed by atoms with Gasteiger partial charge in [-0.05, 0) is 76.1 Å². The number of nitrogens with zero attached hydrogens (tertiary/aromatic N) is 2. The highest BCUT2D eigenvalue weighted by atomic mass is 16.5. The molecule has 6 nitrogen and oxygen atoms in total. The van der Waals surface area contributed by atoms with Gasteiger partial charge in [0.25, 0.3) is 5.91 Å². The minimum atomic E-state index is -0.353. The lowest BCUT2D eigenvalue weighted by atomic mass is 9.85. The lowest BCUT2D eigenvalue weighted by molar-refractivity contribution is -0.110. The molecule has 4 rings (SSSR count). The van der Waals surface area contributed by atoms with Crippen LogP contribution in [0, 0.1) is 6.92 Å². The maximum atomic E-state index is 13.5. The molecule has 0 aromatic heterocycles. The van der Waals surface area contributed by atoms with Gasteiger partial charge in [-0.3, -0.25) is 15.2 Å². The highest BCUT2D eigenvalue weighted by Crippen LogP contribution is 2.28. The van der Waals surface area contributed by atoms with Crippen molar-refractivity contribution < 1.29 is 9.53 Å². The summed E-state index contributed by atoms with van der Waals surface area (Å²) in [6, 6.07) is 23.2. The molecule has 34 heavy (non-hydrogen) atoms. The number of aryl methyl sites for hydroxylation is 1. The molecule has 1 aliphatic rings. The molecule has 0 radical (unpaired) electrons. The third-order valence-electron chi connectivity index (χ3n) is 5.52. The fourth-order valence-electron chi connectivity index (χ4n) is 3.91. The highest BCUT2D eigenvalue weighted by molar-refractivity contribution is 6.72. The normalized spacial score (nSPS) is 14.6. The Morgan fingerprint density at radius 1 is 1.00 bits per heavy atom. The van der Waals surface area contributed by atoms with Gasteiger partial charge in [0.05, 0.1) is 23.5 Å². The van der Waals surface area contributed by atoms with Crippen LogP contribution < -0.4 is 15.5 Å². The number of benzene rings is 3. The van der Waals surface area contributed by atoms with E-state index in [0.717, 1.165) is 34.5 Å². The highest BCUT2D eigenvalue weighted by Gasteiger charge is 2.31. The first-order chi connectivity index (χ1) is 16.3. The predicted molar refractivity (Wildman–Crippen MR) is 139 cm³/mol. The van der Waals surface area contributed by atoms with Gasteiger partial charge in [-0.15, -0.1) is 0 Å². The molecule has 1 heterocycles. The van der Waals surface area contributed by atoms with Crippen LogP contribution in [0.15, 0.2) is 82.9 Å². The van der Waals surface area contributed by atoms with E-state index in [0.29, 0.717) is 18.0 Å². The first-order valence-corrected chi connectivity index (χ1v) is 11.5. The average Bonchev–Trinajstić information content (AvgIpc) is 2.81. The molecular formula is C28H30N4O2. The Labute approximate surface area is 200 Å². The number of ether oxygens (including phenoxy) is 1. The Kier molecular flexibility index (Phi) is 6.77. The number of anilines is 2. The van der Waals surface area contributed by atoms with Gasteiger partial charge in [0.15, 0.2) is 5.71 Å². The number of carbonyl (C=O) groups is 1. The summed E-state index contributed by atoms with van der Waals surface area (Å²) in [4.78, 5) is 18.4. The van der Waals surface area contributed by atoms with Crippen molar-refractivity contribution in [3.63, 3.8) is 0 Å². The van der Waals surface area contributed by atoms with Gasteiger partial charge in [-0.1, -0.05) is 42.0 Å². The average molecular weight is 455 g/mol. The van der Waals surface area contributed by atoms with Crippen LogP contribution in [-0.4, -0.2) is 29.5 Å². The first-order valence-electron chi connectivity index (χ1n) is 11.5. The largest absolute Gasteiger partial charge is 0.494 e. The van der Waals surface area contributed by atoms with Gasteiger partial charge in [0, 0.05) is 11.3 Å². The Bertz CT molecular complexity index is 1230. The fraction of sp³-hybridized carbons (Fsp3) is 0.250. The van der Waals surface area contributed by atoms with Crippen molar-refractivity contribution in [3.05, 3.63) is 89.5 Å². The van der Waals surface area contributed by atoms with E-state index in [1.54, 1.807) is 0 Å². The number of hydrogen-bond acceptors (Lipinski definition) is 5. The molecule has 0 spiro atoms. The van der Waals surface area contributed by atoms with Crippen LogP contribution in [0.1, 0.15) is 37.5 Å². The van der Waals surface area contributed by atoms with Crippen LogP contribution >= 0.6 is 0 Å². The topological polar surface area (TPSA) is 75.1 Å². The van der Waals surface area contributed by atoms with Crippen molar-refractivity contribution in [2.24, 2.45) is 10.1 Å². The van der Waals surface area contributed by atoms with Crippen LogP contribution in [-0.2, 0) is 11.2 Å². The van der Waals surface area contributed by atoms with Crippen molar-refractivity contribution in [1.29, 1.82) is 0 Å². The number of fused-ring (bicyclic) bond motifs is 1. The molecule has 0 bridgehead atoms. The molecule has 2 N–H and O–H groups in total. The standard InChI is InChI=1S/C28H30N4O2/c1-5-34-23-16-14-22(15-17-23)31-32-26(27(33)29-21-12-10-19(2)11-13-21)25-24-9-7-6-8-20(24)18-28(3,4)30-25/h6-17,31H,5,18H2,1-4H3,(H,29,33)/b32-26-. The zero-order chi connectivity index (χ0) is 24.1.